The maximum atomic E-state index is 14.7. The van der Waals surface area contributed by atoms with Crippen LogP contribution in [0.4, 0.5) is 4.79 Å². The molecule has 1 heterocycles. The predicted octanol–water partition coefficient (Wildman–Crippen LogP) is 2.80. The van der Waals surface area contributed by atoms with E-state index in [1.165, 1.54) is 26.0 Å². The van der Waals surface area contributed by atoms with Gasteiger partial charge in [0, 0.05) is 118 Å². The van der Waals surface area contributed by atoms with E-state index in [0.717, 1.165) is 32.1 Å². The number of aliphatic hydroxyl groups excluding tert-OH is 3. The quantitative estimate of drug-likeness (QED) is 0.150. The third-order valence-corrected chi connectivity index (χ3v) is 13.8. The maximum Gasteiger partial charge on any atom is 0.338 e. The van der Waals surface area contributed by atoms with Crippen molar-refractivity contribution in [2.45, 2.75) is 133 Å². The van der Waals surface area contributed by atoms with Crippen LogP contribution < -0.4 is 10.6 Å². The molecule has 2 aromatic rings. The minimum absolute atomic E-state index is 0. The molecule has 7 N–H and O–H groups in total. The molecule has 2 bridgehead atoms. The van der Waals surface area contributed by atoms with Crippen LogP contribution in [0.5, 0.6) is 0 Å². The Morgan fingerprint density at radius 3 is 2.10 bits per heavy atom. The van der Waals surface area contributed by atoms with Crippen molar-refractivity contribution in [3.8, 4) is 0 Å². The summed E-state index contributed by atoms with van der Waals surface area (Å²) < 4.78 is 17.9. The van der Waals surface area contributed by atoms with Crippen molar-refractivity contribution in [2.24, 2.45) is 16.7 Å². The summed E-state index contributed by atoms with van der Waals surface area (Å²) in [5, 5.41) is 66.6. The summed E-state index contributed by atoms with van der Waals surface area (Å²) in [5.74, 6) is -4.45. The minimum atomic E-state index is -2.29. The summed E-state index contributed by atoms with van der Waals surface area (Å²) in [6.07, 6.45) is -5.53. The largest absolute Gasteiger partial charge is 0.456 e. The van der Waals surface area contributed by atoms with E-state index in [4.69, 9.17) is 14.2 Å². The Labute approximate surface area is 415 Å². The molecule has 5 aliphatic rings. The van der Waals surface area contributed by atoms with Gasteiger partial charge in [0.25, 0.3) is 0 Å². The number of benzene rings is 2. The number of rotatable bonds is 8. The molecule has 2 amide bonds. The molecule has 4 aliphatic carbocycles. The van der Waals surface area contributed by atoms with Crippen LogP contribution in [0.3, 0.4) is 0 Å². The summed E-state index contributed by atoms with van der Waals surface area (Å²) in [4.78, 5) is 56.0. The number of carbonyl (C=O) groups is 4. The molecule has 4 fully saturated rings. The van der Waals surface area contributed by atoms with Gasteiger partial charge in [-0.05, 0) is 55.5 Å². The number of esters is 2. The Morgan fingerprint density at radius 1 is 0.898 bits per heavy atom. The Hall–Kier alpha value is -1.30. The van der Waals surface area contributed by atoms with Gasteiger partial charge in [-0.15, -0.1) is 0 Å². The number of hydrogen-bond acceptors (Lipinski definition) is 12. The monoisotopic (exact) mass is 1240 g/mol. The zero-order valence-corrected chi connectivity index (χ0v) is 43.4. The van der Waals surface area contributed by atoms with Gasteiger partial charge in [0.05, 0.1) is 35.8 Å². The van der Waals surface area contributed by atoms with Gasteiger partial charge in [-0.1, -0.05) is 81.6 Å². The average Bonchev–Trinajstić information content (AvgIpc) is 3.19. The summed E-state index contributed by atoms with van der Waals surface area (Å²) >= 11 is 0. The van der Waals surface area contributed by atoms with Crippen molar-refractivity contribution in [1.29, 1.82) is 0 Å². The Morgan fingerprint density at radius 2 is 1.51 bits per heavy atom. The maximum absolute atomic E-state index is 14.7. The molecule has 14 nitrogen and oxygen atoms in total. The zero-order valence-electron chi connectivity index (χ0n) is 33.9. The van der Waals surface area contributed by atoms with Crippen LogP contribution in [0.15, 0.2) is 71.8 Å². The van der Waals surface area contributed by atoms with Crippen molar-refractivity contribution in [1.82, 2.24) is 10.6 Å². The fraction of sp³-hybridized carbons (Fsp3) is 0.581. The number of Topliss-reactive ketones (excluding diaryl/α,β-unsaturated/α-hetero) is 1. The van der Waals surface area contributed by atoms with Crippen molar-refractivity contribution >= 4 is 23.8 Å². The Balaban J connectivity index is 0.00000331. The molecule has 314 valence electrons. The number of nitrogens with one attached hydrogen (secondary N) is 2. The number of aliphatic hydroxyl groups is 5. The Kier molecular flexibility index (Phi) is 15.5. The van der Waals surface area contributed by atoms with Gasteiger partial charge >= 0.3 is 18.0 Å². The van der Waals surface area contributed by atoms with Gasteiger partial charge in [-0.2, -0.15) is 0 Å². The number of fused-ring (bicyclic) bond motifs is 5. The first-order valence-corrected chi connectivity index (χ1v) is 19.9. The molecule has 3 saturated carbocycles. The first kappa shape index (κ1) is 48.7. The van der Waals surface area contributed by atoms with Crippen LogP contribution in [-0.2, 0) is 23.8 Å². The van der Waals surface area contributed by atoms with Gasteiger partial charge in [-0.25, -0.2) is 14.4 Å². The van der Waals surface area contributed by atoms with Crippen molar-refractivity contribution in [3.05, 3.63) is 82.9 Å². The molecule has 1 aliphatic heterocycles. The fourth-order valence-electron chi connectivity index (χ4n) is 10.3. The van der Waals surface area contributed by atoms with E-state index in [1.54, 1.807) is 62.4 Å². The van der Waals surface area contributed by atoms with E-state index in [0.29, 0.717) is 5.56 Å². The summed E-state index contributed by atoms with van der Waals surface area (Å²) in [6, 6.07) is 14.5. The summed E-state index contributed by atoms with van der Waals surface area (Å²) in [7, 11) is 0. The van der Waals surface area contributed by atoms with E-state index in [2.05, 4.69) is 10.6 Å². The molecule has 16 heteroatoms. The fourth-order valence-corrected chi connectivity index (χ4v) is 10.3. The van der Waals surface area contributed by atoms with E-state index in [-0.39, 0.29) is 124 Å². The molecule has 11 atom stereocenters. The third-order valence-electron chi connectivity index (χ3n) is 13.8. The molecule has 59 heavy (non-hydrogen) atoms. The smallest absolute Gasteiger partial charge is 0.338 e. The van der Waals surface area contributed by atoms with Crippen LogP contribution >= 0.6 is 0 Å². The number of hydrogen-bond donors (Lipinski definition) is 7. The summed E-state index contributed by atoms with van der Waals surface area (Å²) in [5.41, 5.74) is -7.02. The summed E-state index contributed by atoms with van der Waals surface area (Å²) in [6.45, 7) is 5.76. The van der Waals surface area contributed by atoms with E-state index < -0.39 is 101 Å². The first-order chi connectivity index (χ1) is 26.9. The van der Waals surface area contributed by atoms with Crippen LogP contribution in [0.2, 0.25) is 0 Å². The topological polar surface area (TPSA) is 221 Å². The molecular formula is C43H54Ac2N2O12. The van der Waals surface area contributed by atoms with Crippen LogP contribution in [-0.4, -0.2) is 110 Å². The number of ketones is 1. The van der Waals surface area contributed by atoms with Gasteiger partial charge in [-0.3, -0.25) is 4.79 Å². The average molecular weight is 1240 g/mol. The number of ether oxygens (including phenoxy) is 3. The van der Waals surface area contributed by atoms with E-state index in [1.807, 2.05) is 0 Å². The molecule has 1 saturated heterocycles. The van der Waals surface area contributed by atoms with Gasteiger partial charge in [0.1, 0.15) is 29.5 Å². The van der Waals surface area contributed by atoms with Gasteiger partial charge < -0.3 is 50.4 Å². The second kappa shape index (κ2) is 18.8. The first-order valence-electron chi connectivity index (χ1n) is 19.9. The van der Waals surface area contributed by atoms with Crippen molar-refractivity contribution in [2.75, 3.05) is 6.61 Å². The Bertz CT molecular complexity index is 1910. The van der Waals surface area contributed by atoms with Crippen LogP contribution in [0, 0.1) is 105 Å². The zero-order chi connectivity index (χ0) is 41.1. The molecule has 7 rings (SSSR count). The van der Waals surface area contributed by atoms with Crippen LogP contribution in [0.25, 0.3) is 0 Å². The number of urea groups is 1. The molecule has 0 aromatic heterocycles. The second-order valence-electron chi connectivity index (χ2n) is 17.3. The van der Waals surface area contributed by atoms with Crippen molar-refractivity contribution in [3.63, 3.8) is 0 Å². The predicted molar refractivity (Wildman–Crippen MR) is 203 cm³/mol. The minimum Gasteiger partial charge on any atom is -0.456 e. The van der Waals surface area contributed by atoms with E-state index >= 15 is 0 Å². The van der Waals surface area contributed by atoms with Gasteiger partial charge in [0.2, 0.25) is 0 Å². The van der Waals surface area contributed by atoms with E-state index in [9.17, 15) is 44.7 Å². The molecule has 0 spiro atoms. The molecule has 2 aromatic carbocycles. The standard InChI is InChI=1S/C43H54N2O12.2Ac/c1-23-27(56-38(51)33(48)31(24-14-8-5-9-15-24)45-39(52)44-26-18-12-7-13-19-26)21-43(54)36(57-37(50)25-16-10-6-11-17-25)34-41(4,28(46)20-29-42(34,53)22-55-29)35(49)32(47)30(23)40(43,2)3;;/h5-6,8-11,14-17,26-29,31-34,36,46-48,53-54H,7,12-13,18-22H2,1-4H3,(H2,44,45,52);;/t27?,28?,29?,31?,32?,33?,34?,36?,41-,42?,43?;;/m1../s1. The molecule has 10 unspecified atom stereocenters. The van der Waals surface area contributed by atoms with Gasteiger partial charge in [0.15, 0.2) is 11.9 Å². The number of amides is 2. The van der Waals surface area contributed by atoms with Crippen molar-refractivity contribution < 1.29 is 147 Å². The normalized spacial score (nSPS) is 34.6. The molecule has 2 radical (unpaired) electrons. The molecular weight excluding hydrogens is 1190 g/mol. The third kappa shape index (κ3) is 8.57. The van der Waals surface area contributed by atoms with Crippen LogP contribution in [0.1, 0.15) is 94.6 Å². The second-order valence-corrected chi connectivity index (χ2v) is 17.3. The SMILES string of the molecule is CC1=C2C(O)C(=O)[C@]3(C)C(O)CC4OCC4(O)C3C(OC(=O)c3ccccc3)C(O)(CC1OC(=O)C(O)C(NC(=O)NC1CCCCC1)c1ccccc1)C2(C)C.[Ac].[Ac]. The number of carbonyl (C=O) groups excluding carboxylic acids is 4.